The van der Waals surface area contributed by atoms with E-state index >= 15 is 0 Å². The van der Waals surface area contributed by atoms with Crippen LogP contribution in [-0.4, -0.2) is 46.9 Å². The minimum atomic E-state index is -0.0144. The van der Waals surface area contributed by atoms with Crippen LogP contribution < -0.4 is 0 Å². The van der Waals surface area contributed by atoms with Crippen molar-refractivity contribution in [1.29, 1.82) is 5.26 Å². The number of hydrogen-bond acceptors (Lipinski definition) is 5. The van der Waals surface area contributed by atoms with Gasteiger partial charge in [-0.05, 0) is 29.8 Å². The largest absolute Gasteiger partial charge is 0.335 e. The molecule has 1 aliphatic rings. The first-order chi connectivity index (χ1) is 14.1. The molecule has 0 spiro atoms. The Morgan fingerprint density at radius 3 is 2.41 bits per heavy atom. The molecule has 2 heterocycles. The SMILES string of the molecule is N#Cc1ccc(CN2CCN(C(=O)c3csc(-c4ccc(Cl)cc4)n3)CC2)cc1. The molecule has 2 aromatic carbocycles. The van der Waals surface area contributed by atoms with Crippen molar-refractivity contribution >= 4 is 28.8 Å². The first-order valence-corrected chi connectivity index (χ1v) is 10.6. The molecule has 0 atom stereocenters. The third-order valence-electron chi connectivity index (χ3n) is 4.96. The molecule has 4 rings (SSSR count). The van der Waals surface area contributed by atoms with E-state index in [1.54, 1.807) is 0 Å². The smallest absolute Gasteiger partial charge is 0.273 e. The van der Waals surface area contributed by atoms with Crippen molar-refractivity contribution < 1.29 is 4.79 Å². The van der Waals surface area contributed by atoms with Gasteiger partial charge in [0, 0.05) is 48.7 Å². The molecule has 0 saturated carbocycles. The number of thiazole rings is 1. The van der Waals surface area contributed by atoms with Gasteiger partial charge in [-0.3, -0.25) is 9.69 Å². The van der Waals surface area contributed by atoms with Gasteiger partial charge in [0.2, 0.25) is 0 Å². The van der Waals surface area contributed by atoms with E-state index in [4.69, 9.17) is 16.9 Å². The second-order valence-electron chi connectivity index (χ2n) is 6.92. The van der Waals surface area contributed by atoms with Gasteiger partial charge in [-0.15, -0.1) is 11.3 Å². The van der Waals surface area contributed by atoms with Crippen LogP contribution in [0.3, 0.4) is 0 Å². The number of amides is 1. The van der Waals surface area contributed by atoms with Crippen molar-refractivity contribution in [3.63, 3.8) is 0 Å². The zero-order valence-corrected chi connectivity index (χ0v) is 17.3. The molecule has 1 aromatic heterocycles. The fraction of sp³-hybridized carbons (Fsp3) is 0.227. The lowest BCUT2D eigenvalue weighted by atomic mass is 10.1. The average Bonchev–Trinajstić information content (AvgIpc) is 3.25. The normalized spacial score (nSPS) is 14.6. The molecule has 1 amide bonds. The van der Waals surface area contributed by atoms with Crippen molar-refractivity contribution in [2.75, 3.05) is 26.2 Å². The molecule has 3 aromatic rings. The maximum Gasteiger partial charge on any atom is 0.273 e. The van der Waals surface area contributed by atoms with E-state index < -0.39 is 0 Å². The summed E-state index contributed by atoms with van der Waals surface area (Å²) < 4.78 is 0. The molecule has 7 heteroatoms. The fourth-order valence-electron chi connectivity index (χ4n) is 3.31. The predicted molar refractivity (Wildman–Crippen MR) is 115 cm³/mol. The number of rotatable bonds is 4. The highest BCUT2D eigenvalue weighted by Crippen LogP contribution is 2.26. The monoisotopic (exact) mass is 422 g/mol. The zero-order chi connectivity index (χ0) is 20.2. The van der Waals surface area contributed by atoms with E-state index in [0.717, 1.165) is 30.2 Å². The van der Waals surface area contributed by atoms with E-state index in [1.807, 2.05) is 58.8 Å². The van der Waals surface area contributed by atoms with Crippen LogP contribution in [0.4, 0.5) is 0 Å². The molecule has 0 radical (unpaired) electrons. The Hall–Kier alpha value is -2.72. The predicted octanol–water partition coefficient (Wildman–Crippen LogP) is 4.29. The third-order valence-corrected chi connectivity index (χ3v) is 6.11. The summed E-state index contributed by atoms with van der Waals surface area (Å²) in [4.78, 5) is 21.6. The van der Waals surface area contributed by atoms with Crippen LogP contribution >= 0.6 is 22.9 Å². The molecular weight excluding hydrogens is 404 g/mol. The lowest BCUT2D eigenvalue weighted by molar-refractivity contribution is 0.0623. The summed E-state index contributed by atoms with van der Waals surface area (Å²) in [7, 11) is 0. The fourth-order valence-corrected chi connectivity index (χ4v) is 4.24. The van der Waals surface area contributed by atoms with E-state index in [1.165, 1.54) is 16.9 Å². The molecule has 0 aliphatic carbocycles. The number of nitriles is 1. The van der Waals surface area contributed by atoms with Crippen LogP contribution in [0.1, 0.15) is 21.6 Å². The van der Waals surface area contributed by atoms with E-state index in [0.29, 0.717) is 29.4 Å². The maximum absolute atomic E-state index is 12.8. The van der Waals surface area contributed by atoms with Gasteiger partial charge < -0.3 is 4.90 Å². The van der Waals surface area contributed by atoms with E-state index in [2.05, 4.69) is 16.0 Å². The summed E-state index contributed by atoms with van der Waals surface area (Å²) >= 11 is 7.41. The molecule has 1 fully saturated rings. The van der Waals surface area contributed by atoms with Crippen molar-refractivity contribution in [3.8, 4) is 16.6 Å². The molecule has 0 N–H and O–H groups in total. The third kappa shape index (κ3) is 4.65. The van der Waals surface area contributed by atoms with Crippen LogP contribution in [0.15, 0.2) is 53.9 Å². The minimum Gasteiger partial charge on any atom is -0.335 e. The maximum atomic E-state index is 12.8. The number of benzene rings is 2. The average molecular weight is 423 g/mol. The summed E-state index contributed by atoms with van der Waals surface area (Å²) in [5.41, 5.74) is 3.31. The van der Waals surface area contributed by atoms with Crippen molar-refractivity contribution in [3.05, 3.63) is 75.8 Å². The number of nitrogens with zero attached hydrogens (tertiary/aromatic N) is 4. The Labute approximate surface area is 178 Å². The summed E-state index contributed by atoms with van der Waals surface area (Å²) in [6.45, 7) is 3.83. The standard InChI is InChI=1S/C22H19ClN4OS/c23-19-7-5-18(6-8-19)21-25-20(15-29-21)22(28)27-11-9-26(10-12-27)14-17-3-1-16(13-24)2-4-17/h1-8,15H,9-12,14H2. The summed E-state index contributed by atoms with van der Waals surface area (Å²) in [5.74, 6) is -0.0144. The van der Waals surface area contributed by atoms with Crippen LogP contribution in [0.5, 0.6) is 0 Å². The van der Waals surface area contributed by atoms with Crippen LogP contribution in [0.25, 0.3) is 10.6 Å². The second kappa shape index (κ2) is 8.75. The number of piperazine rings is 1. The summed E-state index contributed by atoms with van der Waals surface area (Å²) in [5, 5.41) is 12.2. The lowest BCUT2D eigenvalue weighted by Crippen LogP contribution is -2.48. The van der Waals surface area contributed by atoms with Crippen molar-refractivity contribution in [2.45, 2.75) is 6.54 Å². The van der Waals surface area contributed by atoms with E-state index in [-0.39, 0.29) is 5.91 Å². The van der Waals surface area contributed by atoms with Crippen molar-refractivity contribution in [2.24, 2.45) is 0 Å². The van der Waals surface area contributed by atoms with Gasteiger partial charge in [-0.25, -0.2) is 4.98 Å². The number of hydrogen-bond donors (Lipinski definition) is 0. The van der Waals surface area contributed by atoms with Gasteiger partial charge in [0.25, 0.3) is 5.91 Å². The Balaban J connectivity index is 1.34. The van der Waals surface area contributed by atoms with Gasteiger partial charge in [-0.1, -0.05) is 35.9 Å². The minimum absolute atomic E-state index is 0.0144. The summed E-state index contributed by atoms with van der Waals surface area (Å²) in [6.07, 6.45) is 0. The van der Waals surface area contributed by atoms with Crippen LogP contribution in [-0.2, 0) is 6.54 Å². The second-order valence-corrected chi connectivity index (χ2v) is 8.22. The van der Waals surface area contributed by atoms with Gasteiger partial charge in [-0.2, -0.15) is 5.26 Å². The van der Waals surface area contributed by atoms with Crippen LogP contribution in [0, 0.1) is 11.3 Å². The number of halogens is 1. The number of carbonyl (C=O) groups excluding carboxylic acids is 1. The Morgan fingerprint density at radius 1 is 1.07 bits per heavy atom. The molecule has 0 bridgehead atoms. The van der Waals surface area contributed by atoms with Gasteiger partial charge in [0.15, 0.2) is 0 Å². The van der Waals surface area contributed by atoms with Crippen LogP contribution in [0.2, 0.25) is 5.02 Å². The Morgan fingerprint density at radius 2 is 1.76 bits per heavy atom. The molecule has 146 valence electrons. The Kier molecular flexibility index (Phi) is 5.91. The number of carbonyl (C=O) groups is 1. The first kappa shape index (κ1) is 19.6. The molecule has 5 nitrogen and oxygen atoms in total. The molecule has 29 heavy (non-hydrogen) atoms. The van der Waals surface area contributed by atoms with Gasteiger partial charge in [0.05, 0.1) is 11.6 Å². The molecule has 0 unspecified atom stereocenters. The highest BCUT2D eigenvalue weighted by molar-refractivity contribution is 7.13. The van der Waals surface area contributed by atoms with E-state index in [9.17, 15) is 4.79 Å². The topological polar surface area (TPSA) is 60.2 Å². The Bertz CT molecular complexity index is 1030. The van der Waals surface area contributed by atoms with Crippen molar-refractivity contribution in [1.82, 2.24) is 14.8 Å². The lowest BCUT2D eigenvalue weighted by Gasteiger charge is -2.34. The molecule has 1 aliphatic heterocycles. The van der Waals surface area contributed by atoms with Gasteiger partial charge >= 0.3 is 0 Å². The highest BCUT2D eigenvalue weighted by atomic mass is 35.5. The first-order valence-electron chi connectivity index (χ1n) is 9.34. The zero-order valence-electron chi connectivity index (χ0n) is 15.7. The quantitative estimate of drug-likeness (QED) is 0.629. The molecule has 1 saturated heterocycles. The summed E-state index contributed by atoms with van der Waals surface area (Å²) in [6, 6.07) is 17.3. The highest BCUT2D eigenvalue weighted by Gasteiger charge is 2.24. The number of aromatic nitrogens is 1. The molecular formula is C22H19ClN4OS. The van der Waals surface area contributed by atoms with Gasteiger partial charge in [0.1, 0.15) is 10.7 Å².